The van der Waals surface area contributed by atoms with Crippen LogP contribution in [0.4, 0.5) is 0 Å². The molecule has 0 saturated heterocycles. The Balaban J connectivity index is 0. The molecule has 1 radical (unpaired) electrons. The van der Waals surface area contributed by atoms with E-state index in [1.165, 1.54) is 0 Å². The molecule has 0 spiro atoms. The first-order valence-corrected chi connectivity index (χ1v) is 1.61. The van der Waals surface area contributed by atoms with Gasteiger partial charge in [0.1, 0.15) is 0 Å². The molecule has 0 aromatic heterocycles. The fraction of sp³-hybridized carbons (Fsp3) is 0.333. The summed E-state index contributed by atoms with van der Waals surface area (Å²) in [5, 5.41) is 0.491. The monoisotopic (exact) mass is 179 g/mol. The molecule has 0 atom stereocenters. The van der Waals surface area contributed by atoms with Gasteiger partial charge in [0.15, 0.2) is 0 Å². The zero-order valence-corrected chi connectivity index (χ0v) is 7.20. The van der Waals surface area contributed by atoms with Crippen LogP contribution in [-0.2, 0) is 32.7 Å². The molecule has 0 saturated carbocycles. The van der Waals surface area contributed by atoms with E-state index < -0.39 is 0 Å². The van der Waals surface area contributed by atoms with Crippen molar-refractivity contribution in [1.82, 2.24) is 0 Å². The van der Waals surface area contributed by atoms with Gasteiger partial charge in [-0.3, -0.25) is 0 Å². The Hall–Kier alpha value is 0.934. The van der Waals surface area contributed by atoms with Gasteiger partial charge < -0.3 is 4.99 Å². The van der Waals surface area contributed by atoms with Crippen LogP contribution in [0.2, 0.25) is 0 Å². The second kappa shape index (κ2) is 5.93. The molecule has 0 aromatic carbocycles. The third-order valence-electron chi connectivity index (χ3n) is 0.218. The molecule has 0 aromatic rings. The fourth-order valence-corrected chi connectivity index (χ4v) is 0. The van der Waals surface area contributed by atoms with Crippen molar-refractivity contribution in [1.29, 1.82) is 0 Å². The van der Waals surface area contributed by atoms with Crippen molar-refractivity contribution in [2.45, 2.75) is 6.92 Å². The summed E-state index contributed by atoms with van der Waals surface area (Å²) in [6.45, 7) is 1.68. The summed E-state index contributed by atoms with van der Waals surface area (Å²) < 4.78 is 0. The van der Waals surface area contributed by atoms with Gasteiger partial charge in [-0.2, -0.15) is 18.6 Å². The number of hydrogen-bond donors (Lipinski definition) is 0. The predicted molar refractivity (Wildman–Crippen MR) is 24.3 cm³/mol. The first kappa shape index (κ1) is 10.0. The van der Waals surface area contributed by atoms with Crippen LogP contribution in [0, 0.1) is 7.05 Å². The van der Waals surface area contributed by atoms with Crippen molar-refractivity contribution in [2.75, 3.05) is 0 Å². The number of halogens is 1. The molecule has 0 bridgehead atoms. The standard InChI is InChI=1S/C3H5ClN.Y/c1-3(4)5-2;/h2H2,1H3;/q-1;. The van der Waals surface area contributed by atoms with Gasteiger partial charge in [0, 0.05) is 32.7 Å². The average Bonchev–Trinajstić information content (AvgIpc) is 1.38. The normalized spacial score (nSPS) is 10.0. The minimum absolute atomic E-state index is 0. The quantitative estimate of drug-likeness (QED) is 0.394. The summed E-state index contributed by atoms with van der Waals surface area (Å²) >= 11 is 5.15. The van der Waals surface area contributed by atoms with E-state index in [1.54, 1.807) is 6.92 Å². The maximum Gasteiger partial charge on any atom is 0 e. The molecule has 0 aliphatic carbocycles. The van der Waals surface area contributed by atoms with Crippen molar-refractivity contribution in [3.05, 3.63) is 7.05 Å². The summed E-state index contributed by atoms with van der Waals surface area (Å²) in [4.78, 5) is 3.32. The Morgan fingerprint density at radius 1 is 1.83 bits per heavy atom. The zero-order valence-electron chi connectivity index (χ0n) is 3.61. The van der Waals surface area contributed by atoms with E-state index in [0.29, 0.717) is 5.17 Å². The molecule has 3 heteroatoms. The second-order valence-corrected chi connectivity index (χ2v) is 1.20. The summed E-state index contributed by atoms with van der Waals surface area (Å²) in [7, 11) is 3.14. The number of aliphatic imine (C=N–C) groups is 1. The van der Waals surface area contributed by atoms with Crippen LogP contribution < -0.4 is 0 Å². The molecule has 1 nitrogen and oxygen atoms in total. The summed E-state index contributed by atoms with van der Waals surface area (Å²) in [5.74, 6) is 0. The minimum Gasteiger partial charge on any atom is -0.443 e. The fourth-order valence-electron chi connectivity index (χ4n) is 0. The first-order chi connectivity index (χ1) is 2.27. The maximum atomic E-state index is 5.15. The van der Waals surface area contributed by atoms with E-state index in [4.69, 9.17) is 11.6 Å². The largest absolute Gasteiger partial charge is 0.443 e. The molecule has 0 aliphatic rings. The van der Waals surface area contributed by atoms with Crippen molar-refractivity contribution in [3.63, 3.8) is 0 Å². The molecule has 0 unspecified atom stereocenters. The molecule has 6 heavy (non-hydrogen) atoms. The van der Waals surface area contributed by atoms with Crippen LogP contribution in [0.3, 0.4) is 0 Å². The summed E-state index contributed by atoms with van der Waals surface area (Å²) in [6, 6.07) is 0. The third kappa shape index (κ3) is 8.87. The second-order valence-electron chi connectivity index (χ2n) is 0.655. The molecular weight excluding hydrogens is 174 g/mol. The Morgan fingerprint density at radius 3 is 2.00 bits per heavy atom. The van der Waals surface area contributed by atoms with E-state index in [9.17, 15) is 0 Å². The smallest absolute Gasteiger partial charge is 0 e. The first-order valence-electron chi connectivity index (χ1n) is 1.23. The summed E-state index contributed by atoms with van der Waals surface area (Å²) in [5.41, 5.74) is 0. The molecule has 0 amide bonds. The number of hydrogen-bond acceptors (Lipinski definition) is 1. The zero-order chi connectivity index (χ0) is 4.28. The van der Waals surface area contributed by atoms with Gasteiger partial charge >= 0.3 is 0 Å². The van der Waals surface area contributed by atoms with Crippen molar-refractivity contribution < 1.29 is 32.7 Å². The van der Waals surface area contributed by atoms with Gasteiger partial charge in [-0.25, -0.2) is 0 Å². The molecule has 0 rings (SSSR count). The Kier molecular flexibility index (Phi) is 9.92. The van der Waals surface area contributed by atoms with E-state index in [2.05, 4.69) is 12.0 Å². The van der Waals surface area contributed by atoms with Gasteiger partial charge in [-0.05, 0) is 0 Å². The van der Waals surface area contributed by atoms with E-state index in [1.807, 2.05) is 0 Å². The van der Waals surface area contributed by atoms with E-state index in [-0.39, 0.29) is 32.7 Å². The molecule has 0 aliphatic heterocycles. The van der Waals surface area contributed by atoms with Crippen LogP contribution in [0.25, 0.3) is 0 Å². The molecular formula is C3H5ClNY-. The Morgan fingerprint density at radius 2 is 2.00 bits per heavy atom. The SMILES string of the molecule is [CH2-]N=C(C)Cl.[Y]. The van der Waals surface area contributed by atoms with Crippen molar-refractivity contribution >= 4 is 16.8 Å². The van der Waals surface area contributed by atoms with Gasteiger partial charge in [-0.15, -0.1) is 0 Å². The van der Waals surface area contributed by atoms with Gasteiger partial charge in [0.05, 0.1) is 0 Å². The average molecular weight is 179 g/mol. The topological polar surface area (TPSA) is 12.4 Å². The van der Waals surface area contributed by atoms with E-state index in [0.717, 1.165) is 0 Å². The minimum atomic E-state index is 0. The predicted octanol–water partition coefficient (Wildman–Crippen LogP) is 1.43. The number of rotatable bonds is 0. The van der Waals surface area contributed by atoms with Crippen molar-refractivity contribution in [2.24, 2.45) is 4.99 Å². The maximum absolute atomic E-state index is 5.15. The van der Waals surface area contributed by atoms with Crippen LogP contribution in [0.1, 0.15) is 6.92 Å². The third-order valence-corrected chi connectivity index (χ3v) is 0.337. The summed E-state index contributed by atoms with van der Waals surface area (Å²) in [6.07, 6.45) is 0. The molecule has 33 valence electrons. The molecule has 0 N–H and O–H groups in total. The van der Waals surface area contributed by atoms with Gasteiger partial charge in [0.2, 0.25) is 0 Å². The van der Waals surface area contributed by atoms with Crippen LogP contribution in [0.5, 0.6) is 0 Å². The van der Waals surface area contributed by atoms with Gasteiger partial charge in [0.25, 0.3) is 0 Å². The molecule has 0 fully saturated rings. The number of nitrogens with zero attached hydrogens (tertiary/aromatic N) is 1. The van der Waals surface area contributed by atoms with E-state index >= 15 is 0 Å². The van der Waals surface area contributed by atoms with Crippen LogP contribution in [-0.4, -0.2) is 5.17 Å². The Bertz CT molecular complexity index is 48.8. The van der Waals surface area contributed by atoms with Gasteiger partial charge in [-0.1, -0.05) is 12.1 Å². The Labute approximate surface area is 68.1 Å². The molecule has 0 heterocycles. The van der Waals surface area contributed by atoms with Crippen LogP contribution >= 0.6 is 11.6 Å². The van der Waals surface area contributed by atoms with Crippen LogP contribution in [0.15, 0.2) is 4.99 Å². The van der Waals surface area contributed by atoms with Crippen molar-refractivity contribution in [3.8, 4) is 0 Å².